The Bertz CT molecular complexity index is 1430. The van der Waals surface area contributed by atoms with Gasteiger partial charge < -0.3 is 25.4 Å². The van der Waals surface area contributed by atoms with Crippen molar-refractivity contribution >= 4 is 39.0 Å². The number of nitrogens with one attached hydrogen (secondary N) is 3. The standard InChI is InChI=1S/C33H43F3N6O4Si/c1-4-28(43)38-27(31(45)42-14-12-41(3)13-15-42)18-22-10-11-26(25(34)17-22)39-30(44)29(23-8-6-5-7-9-23)47-40-32(46)33(35,36)24-16-21(2)19-37-20-24/h10-11,16-17,19-20,23,27,29H,4-9,12-15,18H2,1-3H3,(H,38,43)(H,39,44)(H,40,46)/t27-,29+/m1/s1. The number of hydrogen-bond donors (Lipinski definition) is 3. The maximum Gasteiger partial charge on any atom is 0.350 e. The number of likely N-dealkylation sites (N-methyl/N-ethyl adjacent to an activating group) is 1. The van der Waals surface area contributed by atoms with Crippen LogP contribution >= 0.6 is 0 Å². The normalized spacial score (nSPS) is 17.4. The Labute approximate surface area is 276 Å². The lowest BCUT2D eigenvalue weighted by Crippen LogP contribution is -2.54. The summed E-state index contributed by atoms with van der Waals surface area (Å²) in [6.45, 7) is 5.75. The smallest absolute Gasteiger partial charge is 0.350 e. The van der Waals surface area contributed by atoms with Gasteiger partial charge in [0.15, 0.2) is 9.68 Å². The molecule has 2 aromatic rings. The molecule has 2 fully saturated rings. The zero-order chi connectivity index (χ0) is 34.1. The number of alkyl halides is 2. The van der Waals surface area contributed by atoms with E-state index >= 15 is 4.39 Å². The third-order valence-corrected chi connectivity index (χ3v) is 10.2. The summed E-state index contributed by atoms with van der Waals surface area (Å²) in [7, 11) is 1.32. The van der Waals surface area contributed by atoms with Gasteiger partial charge in [-0.3, -0.25) is 24.2 Å². The van der Waals surface area contributed by atoms with E-state index in [0.29, 0.717) is 50.1 Å². The molecule has 1 aromatic heterocycles. The van der Waals surface area contributed by atoms with E-state index < -0.39 is 50.4 Å². The first-order valence-corrected chi connectivity index (χ1v) is 17.2. The van der Waals surface area contributed by atoms with Crippen molar-refractivity contribution in [2.24, 2.45) is 5.92 Å². The lowest BCUT2D eigenvalue weighted by Gasteiger charge is -2.34. The van der Waals surface area contributed by atoms with Gasteiger partial charge in [-0.25, -0.2) is 4.39 Å². The molecule has 1 saturated heterocycles. The molecule has 47 heavy (non-hydrogen) atoms. The van der Waals surface area contributed by atoms with E-state index in [0.717, 1.165) is 25.5 Å². The fourth-order valence-corrected chi connectivity index (χ4v) is 7.14. The van der Waals surface area contributed by atoms with Crippen molar-refractivity contribution in [2.75, 3.05) is 38.5 Å². The Kier molecular flexibility index (Phi) is 12.5. The lowest BCUT2D eigenvalue weighted by atomic mass is 9.86. The average molecular weight is 673 g/mol. The van der Waals surface area contributed by atoms with Crippen LogP contribution in [0.5, 0.6) is 0 Å². The minimum atomic E-state index is -3.85. The molecular weight excluding hydrogens is 629 g/mol. The van der Waals surface area contributed by atoms with E-state index in [1.54, 1.807) is 24.8 Å². The van der Waals surface area contributed by atoms with Gasteiger partial charge in [0.1, 0.15) is 11.9 Å². The summed E-state index contributed by atoms with van der Waals surface area (Å²) in [5.41, 5.74) is -0.545. The number of anilines is 1. The van der Waals surface area contributed by atoms with Gasteiger partial charge in [-0.1, -0.05) is 32.3 Å². The van der Waals surface area contributed by atoms with Crippen molar-refractivity contribution in [1.29, 1.82) is 0 Å². The highest BCUT2D eigenvalue weighted by atomic mass is 28.2. The van der Waals surface area contributed by atoms with Crippen LogP contribution in [0.2, 0.25) is 5.54 Å². The molecule has 254 valence electrons. The Balaban J connectivity index is 1.45. The molecule has 1 aromatic carbocycles. The number of halogens is 3. The number of benzene rings is 1. The fraction of sp³-hybridized carbons (Fsp3) is 0.545. The highest BCUT2D eigenvalue weighted by Gasteiger charge is 2.42. The monoisotopic (exact) mass is 672 g/mol. The number of aromatic nitrogens is 1. The van der Waals surface area contributed by atoms with E-state index in [-0.39, 0.29) is 36.3 Å². The van der Waals surface area contributed by atoms with Crippen LogP contribution in [0.25, 0.3) is 0 Å². The van der Waals surface area contributed by atoms with Crippen molar-refractivity contribution in [2.45, 2.75) is 76.3 Å². The van der Waals surface area contributed by atoms with Crippen LogP contribution in [0.15, 0.2) is 36.7 Å². The minimum absolute atomic E-state index is 0.0604. The molecule has 10 nitrogen and oxygen atoms in total. The molecule has 0 spiro atoms. The molecule has 2 radical (unpaired) electrons. The number of hydrogen-bond acceptors (Lipinski definition) is 6. The average Bonchev–Trinajstić information content (AvgIpc) is 3.06. The second kappa shape index (κ2) is 16.4. The van der Waals surface area contributed by atoms with Gasteiger partial charge in [0.05, 0.1) is 11.2 Å². The third kappa shape index (κ3) is 9.63. The second-order valence-corrected chi connectivity index (χ2v) is 13.6. The molecule has 14 heteroatoms. The third-order valence-electron chi connectivity index (χ3n) is 8.77. The van der Waals surface area contributed by atoms with E-state index in [9.17, 15) is 28.0 Å². The number of aryl methyl sites for hydroxylation is 1. The van der Waals surface area contributed by atoms with Crippen LogP contribution in [0, 0.1) is 18.7 Å². The SMILES string of the molecule is CCC(=O)N[C@H](Cc1ccc(NC(=O)[C@@H]([Si]NC(=O)C(F)(F)c2cncc(C)c2)C2CCCCC2)c(F)c1)C(=O)N1CCN(C)CC1. The quantitative estimate of drug-likeness (QED) is 0.297. The number of pyridine rings is 1. The van der Waals surface area contributed by atoms with E-state index in [4.69, 9.17) is 0 Å². The summed E-state index contributed by atoms with van der Waals surface area (Å²) in [5, 5.41) is 5.37. The van der Waals surface area contributed by atoms with Gasteiger partial charge in [-0.05, 0) is 62.1 Å². The van der Waals surface area contributed by atoms with Gasteiger partial charge in [0, 0.05) is 57.0 Å². The van der Waals surface area contributed by atoms with Gasteiger partial charge in [0.2, 0.25) is 17.7 Å². The van der Waals surface area contributed by atoms with Crippen LogP contribution in [-0.4, -0.2) is 87.4 Å². The minimum Gasteiger partial charge on any atom is -0.376 e. The number of carbonyl (C=O) groups excluding carboxylic acids is 4. The molecule has 2 atom stereocenters. The molecule has 0 bridgehead atoms. The summed E-state index contributed by atoms with van der Waals surface area (Å²) >= 11 is 0. The topological polar surface area (TPSA) is 124 Å². The maximum atomic E-state index is 15.4. The van der Waals surface area contributed by atoms with Gasteiger partial charge in [-0.2, -0.15) is 8.78 Å². The molecule has 2 aliphatic rings. The van der Waals surface area contributed by atoms with Crippen molar-refractivity contribution in [3.8, 4) is 0 Å². The zero-order valence-electron chi connectivity index (χ0n) is 27.1. The summed E-state index contributed by atoms with van der Waals surface area (Å²) in [6.07, 6.45) is 6.69. The van der Waals surface area contributed by atoms with Crippen molar-refractivity contribution in [3.63, 3.8) is 0 Å². The van der Waals surface area contributed by atoms with Crippen LogP contribution in [0.3, 0.4) is 0 Å². The predicted octanol–water partition coefficient (Wildman–Crippen LogP) is 3.58. The van der Waals surface area contributed by atoms with Crippen LogP contribution < -0.4 is 15.6 Å². The Morgan fingerprint density at radius 3 is 2.38 bits per heavy atom. The molecule has 1 saturated carbocycles. The molecule has 3 N–H and O–H groups in total. The van der Waals surface area contributed by atoms with Crippen LogP contribution in [0.4, 0.5) is 18.9 Å². The molecular formula is C33H43F3N6O4Si. The zero-order valence-corrected chi connectivity index (χ0v) is 28.1. The highest BCUT2D eigenvalue weighted by molar-refractivity contribution is 6.46. The molecule has 4 amide bonds. The summed E-state index contributed by atoms with van der Waals surface area (Å²) < 4.78 is 45.3. The summed E-state index contributed by atoms with van der Waals surface area (Å²) in [5.74, 6) is -7.37. The molecule has 1 aliphatic carbocycles. The van der Waals surface area contributed by atoms with Gasteiger partial charge >= 0.3 is 5.92 Å². The largest absolute Gasteiger partial charge is 0.376 e. The Morgan fingerprint density at radius 2 is 1.74 bits per heavy atom. The van der Waals surface area contributed by atoms with E-state index in [1.807, 2.05) is 7.05 Å². The molecule has 4 rings (SSSR count). The summed E-state index contributed by atoms with van der Waals surface area (Å²) in [4.78, 5) is 61.6. The van der Waals surface area contributed by atoms with Crippen molar-refractivity contribution in [3.05, 3.63) is 59.2 Å². The fourth-order valence-electron chi connectivity index (χ4n) is 5.92. The first-order chi connectivity index (χ1) is 22.4. The number of amides is 4. The molecule has 1 aliphatic heterocycles. The number of nitrogens with zero attached hydrogens (tertiary/aromatic N) is 3. The van der Waals surface area contributed by atoms with E-state index in [1.165, 1.54) is 24.4 Å². The Morgan fingerprint density at radius 1 is 1.04 bits per heavy atom. The first-order valence-electron chi connectivity index (χ1n) is 16.1. The van der Waals surface area contributed by atoms with Gasteiger partial charge in [-0.15, -0.1) is 0 Å². The van der Waals surface area contributed by atoms with Crippen molar-refractivity contribution < 1.29 is 32.3 Å². The lowest BCUT2D eigenvalue weighted by molar-refractivity contribution is -0.145. The molecule has 0 unspecified atom stereocenters. The summed E-state index contributed by atoms with van der Waals surface area (Å²) in [6, 6.07) is 4.50. The first kappa shape index (κ1) is 36.1. The maximum absolute atomic E-state index is 15.4. The van der Waals surface area contributed by atoms with Gasteiger partial charge in [0.25, 0.3) is 5.91 Å². The van der Waals surface area contributed by atoms with Crippen LogP contribution in [-0.2, 0) is 31.5 Å². The van der Waals surface area contributed by atoms with Crippen molar-refractivity contribution in [1.82, 2.24) is 25.1 Å². The number of carbonyl (C=O) groups is 4. The number of piperazine rings is 1. The van der Waals surface area contributed by atoms with E-state index in [2.05, 4.69) is 25.5 Å². The second-order valence-electron chi connectivity index (χ2n) is 12.4. The highest BCUT2D eigenvalue weighted by Crippen LogP contribution is 2.35. The molecule has 2 heterocycles. The predicted molar refractivity (Wildman–Crippen MR) is 172 cm³/mol. The number of rotatable bonds is 12. The Hall–Kier alpha value is -3.78. The van der Waals surface area contributed by atoms with Crippen LogP contribution in [0.1, 0.15) is 62.1 Å².